The van der Waals surface area contributed by atoms with Crippen molar-refractivity contribution in [2.75, 3.05) is 19.3 Å². The normalized spacial score (nSPS) is 17.0. The molecule has 1 amide bonds. The van der Waals surface area contributed by atoms with Gasteiger partial charge in [0.15, 0.2) is 0 Å². The third-order valence-electron chi connectivity index (χ3n) is 3.18. The third-order valence-corrected chi connectivity index (χ3v) is 4.30. The average molecular weight is 319 g/mol. The van der Waals surface area contributed by atoms with Gasteiger partial charge in [-0.05, 0) is 50.2 Å². The fourth-order valence-electron chi connectivity index (χ4n) is 2.21. The van der Waals surface area contributed by atoms with Crippen molar-refractivity contribution in [2.45, 2.75) is 30.2 Å². The number of thioether (sulfide) groups is 1. The van der Waals surface area contributed by atoms with Crippen LogP contribution in [-0.2, 0) is 4.79 Å². The van der Waals surface area contributed by atoms with Gasteiger partial charge in [-0.25, -0.2) is 4.39 Å². The lowest BCUT2D eigenvalue weighted by Crippen LogP contribution is -2.31. The molecular formula is C14H20ClFN2OS. The van der Waals surface area contributed by atoms with Gasteiger partial charge in [-0.2, -0.15) is 0 Å². The molecule has 2 rings (SSSR count). The van der Waals surface area contributed by atoms with E-state index in [0.29, 0.717) is 6.42 Å². The highest BCUT2D eigenvalue weighted by Crippen LogP contribution is 2.36. The molecule has 1 aliphatic rings. The number of nitrogens with one attached hydrogen (secondary N) is 2. The Kier molecular flexibility index (Phi) is 7.34. The van der Waals surface area contributed by atoms with Gasteiger partial charge in [0.2, 0.25) is 5.91 Å². The molecule has 112 valence electrons. The second kappa shape index (κ2) is 8.49. The molecule has 20 heavy (non-hydrogen) atoms. The van der Waals surface area contributed by atoms with Crippen molar-refractivity contribution >= 4 is 30.1 Å². The van der Waals surface area contributed by atoms with Crippen molar-refractivity contribution in [1.82, 2.24) is 10.6 Å². The van der Waals surface area contributed by atoms with E-state index in [2.05, 4.69) is 10.6 Å². The highest BCUT2D eigenvalue weighted by atomic mass is 35.5. The Labute approximate surface area is 129 Å². The number of fused-ring (bicyclic) bond motifs is 1. The van der Waals surface area contributed by atoms with E-state index < -0.39 is 0 Å². The zero-order valence-electron chi connectivity index (χ0n) is 11.4. The summed E-state index contributed by atoms with van der Waals surface area (Å²) in [5.74, 6) is 0.762. The lowest BCUT2D eigenvalue weighted by atomic mass is 10.0. The topological polar surface area (TPSA) is 41.1 Å². The molecule has 0 aromatic heterocycles. The van der Waals surface area contributed by atoms with Crippen LogP contribution in [0.1, 0.15) is 30.9 Å². The van der Waals surface area contributed by atoms with E-state index in [9.17, 15) is 9.18 Å². The number of hydrogen-bond acceptors (Lipinski definition) is 3. The van der Waals surface area contributed by atoms with E-state index in [-0.39, 0.29) is 30.2 Å². The van der Waals surface area contributed by atoms with E-state index in [1.807, 2.05) is 7.05 Å². The summed E-state index contributed by atoms with van der Waals surface area (Å²) in [6.07, 6.45) is 2.19. The van der Waals surface area contributed by atoms with E-state index in [1.165, 1.54) is 6.07 Å². The summed E-state index contributed by atoms with van der Waals surface area (Å²) in [6.45, 7) is 0.832. The Hall–Kier alpha value is -0.780. The van der Waals surface area contributed by atoms with Crippen LogP contribution in [0.15, 0.2) is 23.1 Å². The van der Waals surface area contributed by atoms with Crippen molar-refractivity contribution in [3.8, 4) is 0 Å². The van der Waals surface area contributed by atoms with E-state index in [0.717, 1.165) is 35.6 Å². The number of benzene rings is 1. The Balaban J connectivity index is 0.00000200. The predicted molar refractivity (Wildman–Crippen MR) is 83.0 cm³/mol. The summed E-state index contributed by atoms with van der Waals surface area (Å²) in [7, 11) is 1.87. The lowest BCUT2D eigenvalue weighted by Gasteiger charge is -2.26. The quantitative estimate of drug-likeness (QED) is 0.820. The van der Waals surface area contributed by atoms with Gasteiger partial charge in [-0.15, -0.1) is 24.2 Å². The second-order valence-electron chi connectivity index (χ2n) is 4.65. The number of rotatable bonds is 5. The molecule has 1 aliphatic heterocycles. The third kappa shape index (κ3) is 4.65. The van der Waals surface area contributed by atoms with Crippen LogP contribution in [-0.4, -0.2) is 25.3 Å². The summed E-state index contributed by atoms with van der Waals surface area (Å²) < 4.78 is 13.3. The van der Waals surface area contributed by atoms with Crippen molar-refractivity contribution in [3.63, 3.8) is 0 Å². The number of carbonyl (C=O) groups is 1. The number of amides is 1. The molecule has 1 atom stereocenters. The highest BCUT2D eigenvalue weighted by Gasteiger charge is 2.22. The number of hydrogen-bond donors (Lipinski definition) is 2. The van der Waals surface area contributed by atoms with Crippen LogP contribution in [0.5, 0.6) is 0 Å². The van der Waals surface area contributed by atoms with Crippen molar-refractivity contribution in [2.24, 2.45) is 0 Å². The second-order valence-corrected chi connectivity index (χ2v) is 5.78. The van der Waals surface area contributed by atoms with Crippen LogP contribution in [0, 0.1) is 5.82 Å². The van der Waals surface area contributed by atoms with Crippen LogP contribution in [0.25, 0.3) is 0 Å². The van der Waals surface area contributed by atoms with Gasteiger partial charge in [-0.3, -0.25) is 4.79 Å². The van der Waals surface area contributed by atoms with Crippen LogP contribution >= 0.6 is 24.2 Å². The zero-order valence-corrected chi connectivity index (χ0v) is 13.1. The monoisotopic (exact) mass is 318 g/mol. The van der Waals surface area contributed by atoms with Crippen LogP contribution in [0.4, 0.5) is 4.39 Å². The molecule has 1 aromatic carbocycles. The van der Waals surface area contributed by atoms with Gasteiger partial charge < -0.3 is 10.6 Å². The molecule has 3 nitrogen and oxygen atoms in total. The minimum absolute atomic E-state index is 0. The summed E-state index contributed by atoms with van der Waals surface area (Å²) in [6, 6.07) is 4.77. The molecule has 0 bridgehead atoms. The van der Waals surface area contributed by atoms with Crippen molar-refractivity contribution in [3.05, 3.63) is 29.6 Å². The molecule has 0 aliphatic carbocycles. The van der Waals surface area contributed by atoms with Gasteiger partial charge in [0.25, 0.3) is 0 Å². The van der Waals surface area contributed by atoms with Gasteiger partial charge >= 0.3 is 0 Å². The maximum absolute atomic E-state index is 13.3. The molecule has 0 radical (unpaired) electrons. The summed E-state index contributed by atoms with van der Waals surface area (Å²) in [5.41, 5.74) is 0.915. The molecule has 0 spiro atoms. The summed E-state index contributed by atoms with van der Waals surface area (Å²) >= 11 is 1.72. The highest BCUT2D eigenvalue weighted by molar-refractivity contribution is 7.99. The molecule has 2 N–H and O–H groups in total. The first-order valence-corrected chi connectivity index (χ1v) is 7.55. The number of carbonyl (C=O) groups excluding carboxylic acids is 1. The number of halogens is 2. The smallest absolute Gasteiger partial charge is 0.220 e. The van der Waals surface area contributed by atoms with E-state index in [1.54, 1.807) is 23.9 Å². The first-order valence-electron chi connectivity index (χ1n) is 6.57. The van der Waals surface area contributed by atoms with Gasteiger partial charge in [0, 0.05) is 17.1 Å². The largest absolute Gasteiger partial charge is 0.349 e. The van der Waals surface area contributed by atoms with E-state index in [4.69, 9.17) is 0 Å². The minimum atomic E-state index is -0.240. The minimum Gasteiger partial charge on any atom is -0.349 e. The zero-order chi connectivity index (χ0) is 13.7. The average Bonchev–Trinajstić information content (AvgIpc) is 2.40. The summed E-state index contributed by atoms with van der Waals surface area (Å²) in [4.78, 5) is 12.9. The van der Waals surface area contributed by atoms with Gasteiger partial charge in [0.05, 0.1) is 6.04 Å². The first-order chi connectivity index (χ1) is 9.20. The van der Waals surface area contributed by atoms with Crippen molar-refractivity contribution < 1.29 is 9.18 Å². The van der Waals surface area contributed by atoms with Gasteiger partial charge in [0.1, 0.15) is 5.82 Å². The Bertz CT molecular complexity index is 459. The SMILES string of the molecule is CNCCCC(=O)NC1CCSc2ccc(F)cc21.Cl. The fourth-order valence-corrected chi connectivity index (χ4v) is 3.31. The summed E-state index contributed by atoms with van der Waals surface area (Å²) in [5, 5.41) is 6.03. The predicted octanol–water partition coefficient (Wildman–Crippen LogP) is 2.90. The van der Waals surface area contributed by atoms with Gasteiger partial charge in [-0.1, -0.05) is 0 Å². The Morgan fingerprint density at radius 2 is 2.30 bits per heavy atom. The lowest BCUT2D eigenvalue weighted by molar-refractivity contribution is -0.122. The Morgan fingerprint density at radius 1 is 1.50 bits per heavy atom. The Morgan fingerprint density at radius 3 is 3.05 bits per heavy atom. The molecule has 1 heterocycles. The maximum atomic E-state index is 13.3. The molecule has 6 heteroatoms. The van der Waals surface area contributed by atoms with Crippen LogP contribution < -0.4 is 10.6 Å². The molecule has 0 saturated carbocycles. The first kappa shape index (κ1) is 17.3. The standard InChI is InChI=1S/C14H19FN2OS.ClH/c1-16-7-2-3-14(18)17-12-6-8-19-13-5-4-10(15)9-11(12)13;/h4-5,9,12,16H,2-3,6-8H2,1H3,(H,17,18);1H. The molecule has 1 unspecified atom stereocenters. The molecule has 0 fully saturated rings. The van der Waals surface area contributed by atoms with E-state index >= 15 is 0 Å². The molecule has 0 saturated heterocycles. The molecular weight excluding hydrogens is 299 g/mol. The van der Waals surface area contributed by atoms with Crippen LogP contribution in [0.2, 0.25) is 0 Å². The van der Waals surface area contributed by atoms with Crippen LogP contribution in [0.3, 0.4) is 0 Å². The van der Waals surface area contributed by atoms with Crippen molar-refractivity contribution in [1.29, 1.82) is 0 Å². The maximum Gasteiger partial charge on any atom is 0.220 e. The fraction of sp³-hybridized carbons (Fsp3) is 0.500. The molecule has 1 aromatic rings.